The topological polar surface area (TPSA) is 43.6 Å². The Morgan fingerprint density at radius 1 is 0.531 bits per heavy atom. The zero-order valence-electron chi connectivity index (χ0n) is 27.1. The van der Waals surface area contributed by atoms with Crippen molar-refractivity contribution in [2.75, 3.05) is 0 Å². The van der Waals surface area contributed by atoms with Gasteiger partial charge in [0.05, 0.1) is 11.0 Å². The number of para-hydroxylation sites is 1. The molecule has 1 aliphatic carbocycles. The Hall–Kier alpha value is -5.91. The normalized spacial score (nSPS) is 13.3. The van der Waals surface area contributed by atoms with Crippen LogP contribution in [0.5, 0.6) is 0 Å². The van der Waals surface area contributed by atoms with Crippen LogP contribution < -0.4 is 0 Å². The molecular formula is C44H30N4S. The predicted molar refractivity (Wildman–Crippen MR) is 203 cm³/mol. The minimum absolute atomic E-state index is 0.302. The molecule has 10 rings (SSSR count). The summed E-state index contributed by atoms with van der Waals surface area (Å²) < 4.78 is 3.55. The van der Waals surface area contributed by atoms with Gasteiger partial charge in [-0.25, -0.2) is 4.98 Å². The molecule has 5 heteroatoms. The molecule has 0 unspecified atom stereocenters. The largest absolute Gasteiger partial charge is 0.278 e. The molecule has 0 radical (unpaired) electrons. The smallest absolute Gasteiger partial charge is 0.238 e. The van der Waals surface area contributed by atoms with E-state index in [1.807, 2.05) is 47.7 Å². The van der Waals surface area contributed by atoms with Gasteiger partial charge >= 0.3 is 0 Å². The van der Waals surface area contributed by atoms with Crippen LogP contribution in [-0.2, 0) is 5.41 Å². The Kier molecular flexibility index (Phi) is 6.05. The van der Waals surface area contributed by atoms with Crippen LogP contribution in [0.4, 0.5) is 0 Å². The first-order valence-corrected chi connectivity index (χ1v) is 17.5. The van der Waals surface area contributed by atoms with Gasteiger partial charge in [-0.1, -0.05) is 141 Å². The van der Waals surface area contributed by atoms with E-state index in [1.165, 1.54) is 53.6 Å². The van der Waals surface area contributed by atoms with Gasteiger partial charge in [-0.3, -0.25) is 4.57 Å². The van der Waals surface area contributed by atoms with E-state index in [0.717, 1.165) is 22.2 Å². The first-order chi connectivity index (χ1) is 24.1. The number of aromatic nitrogens is 4. The zero-order chi connectivity index (χ0) is 32.7. The molecule has 4 nitrogen and oxygen atoms in total. The Morgan fingerprint density at radius 3 is 1.88 bits per heavy atom. The van der Waals surface area contributed by atoms with E-state index in [4.69, 9.17) is 15.0 Å². The fourth-order valence-electron chi connectivity index (χ4n) is 7.90. The fourth-order valence-corrected chi connectivity index (χ4v) is 9.14. The molecule has 0 saturated heterocycles. The van der Waals surface area contributed by atoms with Crippen LogP contribution in [0.1, 0.15) is 25.0 Å². The molecule has 0 spiro atoms. The number of hydrogen-bond acceptors (Lipinski definition) is 4. The van der Waals surface area contributed by atoms with Gasteiger partial charge in [0.2, 0.25) is 5.95 Å². The van der Waals surface area contributed by atoms with Crippen LogP contribution in [-0.4, -0.2) is 19.5 Å². The van der Waals surface area contributed by atoms with Crippen molar-refractivity contribution >= 4 is 43.2 Å². The SMILES string of the molecule is CC1(C)c2ccccc2-c2c(sc3ccccc23)-c2ccc3c(c21)c1ccccc1n3-c1nc(-c2ccccc2)nc(-c2ccccc2)n1. The number of thiophene rings is 1. The maximum absolute atomic E-state index is 5.18. The van der Waals surface area contributed by atoms with Crippen LogP contribution >= 0.6 is 11.3 Å². The second-order valence-corrected chi connectivity index (χ2v) is 14.3. The van der Waals surface area contributed by atoms with E-state index in [1.54, 1.807) is 0 Å². The zero-order valence-corrected chi connectivity index (χ0v) is 27.9. The van der Waals surface area contributed by atoms with Gasteiger partial charge < -0.3 is 0 Å². The highest BCUT2D eigenvalue weighted by molar-refractivity contribution is 7.23. The van der Waals surface area contributed by atoms with Crippen LogP contribution in [0.15, 0.2) is 146 Å². The van der Waals surface area contributed by atoms with Gasteiger partial charge in [0.15, 0.2) is 11.6 Å². The van der Waals surface area contributed by atoms with Crippen LogP contribution in [0, 0.1) is 0 Å². The van der Waals surface area contributed by atoms with E-state index in [2.05, 4.69) is 128 Å². The molecule has 0 aliphatic heterocycles. The lowest BCUT2D eigenvalue weighted by Gasteiger charge is -2.29. The van der Waals surface area contributed by atoms with Crippen molar-refractivity contribution in [1.29, 1.82) is 0 Å². The summed E-state index contributed by atoms with van der Waals surface area (Å²) >= 11 is 1.90. The number of hydrogen-bond donors (Lipinski definition) is 0. The van der Waals surface area contributed by atoms with Gasteiger partial charge in [-0.05, 0) is 40.5 Å². The number of rotatable bonds is 3. The minimum Gasteiger partial charge on any atom is -0.278 e. The van der Waals surface area contributed by atoms with E-state index in [9.17, 15) is 0 Å². The summed E-state index contributed by atoms with van der Waals surface area (Å²) in [7, 11) is 0. The number of fused-ring (bicyclic) bond motifs is 11. The summed E-state index contributed by atoms with van der Waals surface area (Å²) in [6.45, 7) is 4.78. The molecule has 0 bridgehead atoms. The van der Waals surface area contributed by atoms with Crippen molar-refractivity contribution in [3.63, 3.8) is 0 Å². The van der Waals surface area contributed by atoms with Crippen LogP contribution in [0.2, 0.25) is 0 Å². The number of benzene rings is 6. The van der Waals surface area contributed by atoms with Gasteiger partial charge in [0.1, 0.15) is 0 Å². The molecule has 3 aromatic heterocycles. The van der Waals surface area contributed by atoms with Crippen LogP contribution in [0.3, 0.4) is 0 Å². The quantitative estimate of drug-likeness (QED) is 0.192. The molecule has 3 heterocycles. The summed E-state index contributed by atoms with van der Waals surface area (Å²) in [4.78, 5) is 16.7. The van der Waals surface area contributed by atoms with E-state index in [-0.39, 0.29) is 5.41 Å². The Balaban J connectivity index is 1.34. The third kappa shape index (κ3) is 4.12. The van der Waals surface area contributed by atoms with Crippen LogP contribution in [0.25, 0.3) is 82.2 Å². The molecule has 9 aromatic rings. The summed E-state index contributed by atoms with van der Waals surface area (Å²) in [6, 6.07) is 51.5. The molecular weight excluding hydrogens is 617 g/mol. The highest BCUT2D eigenvalue weighted by Crippen LogP contribution is 2.56. The van der Waals surface area contributed by atoms with Gasteiger partial charge in [-0.2, -0.15) is 9.97 Å². The molecule has 49 heavy (non-hydrogen) atoms. The lowest BCUT2D eigenvalue weighted by molar-refractivity contribution is 0.653. The summed E-state index contributed by atoms with van der Waals surface area (Å²) in [5, 5.41) is 3.74. The molecule has 0 fully saturated rings. The predicted octanol–water partition coefficient (Wildman–Crippen LogP) is 11.5. The molecule has 0 atom stereocenters. The first kappa shape index (κ1) is 28.1. The minimum atomic E-state index is -0.302. The second kappa shape index (κ2) is 10.5. The third-order valence-electron chi connectivity index (χ3n) is 10.1. The Morgan fingerprint density at radius 2 is 1.14 bits per heavy atom. The standard InChI is InChI=1S/C44H30N4S/c1-44(2)33-22-12-9-19-29(33)37-31-21-11-14-24-36(31)49-40(37)32-25-26-35-38(39(32)44)30-20-10-13-23-34(30)48(35)43-46-41(27-15-5-3-6-16-27)45-42(47-43)28-17-7-4-8-18-28/h3-26H,1-2H3. The van der Waals surface area contributed by atoms with E-state index < -0.39 is 0 Å². The molecule has 6 aromatic carbocycles. The lowest BCUT2D eigenvalue weighted by Crippen LogP contribution is -2.20. The Bertz CT molecular complexity index is 2680. The van der Waals surface area contributed by atoms with Crippen molar-refractivity contribution in [1.82, 2.24) is 19.5 Å². The highest BCUT2D eigenvalue weighted by Gasteiger charge is 2.37. The average molecular weight is 647 g/mol. The van der Waals surface area contributed by atoms with Crippen molar-refractivity contribution < 1.29 is 0 Å². The highest BCUT2D eigenvalue weighted by atomic mass is 32.1. The molecule has 0 amide bonds. The van der Waals surface area contributed by atoms with E-state index in [0.29, 0.717) is 17.6 Å². The second-order valence-electron chi connectivity index (χ2n) is 13.2. The molecule has 232 valence electrons. The molecule has 1 aliphatic rings. The van der Waals surface area contributed by atoms with E-state index >= 15 is 0 Å². The van der Waals surface area contributed by atoms with Crippen molar-refractivity contribution in [2.24, 2.45) is 0 Å². The summed E-state index contributed by atoms with van der Waals surface area (Å²) in [5.74, 6) is 1.90. The van der Waals surface area contributed by atoms with Crippen molar-refractivity contribution in [2.45, 2.75) is 19.3 Å². The summed E-state index contributed by atoms with van der Waals surface area (Å²) in [5.41, 5.74) is 10.4. The maximum atomic E-state index is 5.18. The Labute approximate surface area is 288 Å². The lowest BCUT2D eigenvalue weighted by atomic mass is 9.74. The fraction of sp³-hybridized carbons (Fsp3) is 0.0682. The monoisotopic (exact) mass is 646 g/mol. The summed E-state index contributed by atoms with van der Waals surface area (Å²) in [6.07, 6.45) is 0. The molecule has 0 N–H and O–H groups in total. The average Bonchev–Trinajstić information content (AvgIpc) is 3.69. The van der Waals surface area contributed by atoms with Gasteiger partial charge in [0.25, 0.3) is 0 Å². The maximum Gasteiger partial charge on any atom is 0.238 e. The third-order valence-corrected chi connectivity index (χ3v) is 11.3. The van der Waals surface area contributed by atoms with Crippen molar-refractivity contribution in [3.8, 4) is 50.3 Å². The van der Waals surface area contributed by atoms with Crippen molar-refractivity contribution in [3.05, 3.63) is 157 Å². The number of nitrogens with zero attached hydrogens (tertiary/aromatic N) is 4. The molecule has 0 saturated carbocycles. The first-order valence-electron chi connectivity index (χ1n) is 16.6. The van der Waals surface area contributed by atoms with Gasteiger partial charge in [-0.15, -0.1) is 11.3 Å². The van der Waals surface area contributed by atoms with Gasteiger partial charge in [0, 0.05) is 47.8 Å².